The fourth-order valence-corrected chi connectivity index (χ4v) is 3.20. The van der Waals surface area contributed by atoms with Gasteiger partial charge in [-0.1, -0.05) is 30.3 Å². The largest absolute Gasteiger partial charge is 0.298 e. The number of rotatable bonds is 5. The number of hydrogen-bond acceptors (Lipinski definition) is 3. The van der Waals surface area contributed by atoms with Gasteiger partial charge in [-0.15, -0.1) is 0 Å². The SMILES string of the molecule is O=c1ccc(C2CC2)nn1CC1CN(Cc2ccccc2)C1. The average Bonchev–Trinajstić information content (AvgIpc) is 3.33. The van der Waals surface area contributed by atoms with E-state index >= 15 is 0 Å². The molecule has 2 fully saturated rings. The van der Waals surface area contributed by atoms with Crippen LogP contribution in [-0.2, 0) is 13.1 Å². The van der Waals surface area contributed by atoms with Crippen molar-refractivity contribution in [3.05, 3.63) is 64.1 Å². The molecule has 0 radical (unpaired) electrons. The van der Waals surface area contributed by atoms with Crippen LogP contribution in [0.1, 0.15) is 30.0 Å². The van der Waals surface area contributed by atoms with Crippen LogP contribution < -0.4 is 5.56 Å². The second-order valence-electron chi connectivity index (χ2n) is 6.60. The molecule has 2 heterocycles. The van der Waals surface area contributed by atoms with E-state index in [0.717, 1.165) is 31.9 Å². The lowest BCUT2D eigenvalue weighted by Gasteiger charge is -2.39. The van der Waals surface area contributed by atoms with Crippen molar-refractivity contribution in [1.82, 2.24) is 14.7 Å². The fourth-order valence-electron chi connectivity index (χ4n) is 3.20. The minimum Gasteiger partial charge on any atom is -0.298 e. The second kappa shape index (κ2) is 5.69. The van der Waals surface area contributed by atoms with E-state index in [1.54, 1.807) is 10.7 Å². The Bertz CT molecular complexity index is 700. The third-order valence-electron chi connectivity index (χ3n) is 4.60. The molecule has 0 unspecified atom stereocenters. The van der Waals surface area contributed by atoms with Gasteiger partial charge in [0.15, 0.2) is 0 Å². The molecular formula is C18H21N3O. The first-order valence-corrected chi connectivity index (χ1v) is 8.12. The van der Waals surface area contributed by atoms with Gasteiger partial charge in [0.05, 0.1) is 12.2 Å². The van der Waals surface area contributed by atoms with Crippen LogP contribution in [-0.4, -0.2) is 27.8 Å². The van der Waals surface area contributed by atoms with Gasteiger partial charge in [-0.3, -0.25) is 9.69 Å². The van der Waals surface area contributed by atoms with Gasteiger partial charge in [-0.05, 0) is 24.5 Å². The molecule has 2 aromatic rings. The van der Waals surface area contributed by atoms with E-state index in [1.807, 2.05) is 12.1 Å². The predicted molar refractivity (Wildman–Crippen MR) is 85.7 cm³/mol. The molecule has 1 aliphatic heterocycles. The normalized spacial score (nSPS) is 19.1. The quantitative estimate of drug-likeness (QED) is 0.849. The van der Waals surface area contributed by atoms with Crippen molar-refractivity contribution in [1.29, 1.82) is 0 Å². The first kappa shape index (κ1) is 13.7. The van der Waals surface area contributed by atoms with E-state index in [2.05, 4.69) is 34.3 Å². The predicted octanol–water partition coefficient (Wildman–Crippen LogP) is 2.25. The summed E-state index contributed by atoms with van der Waals surface area (Å²) >= 11 is 0. The van der Waals surface area contributed by atoms with Crippen LogP contribution in [0.25, 0.3) is 0 Å². The topological polar surface area (TPSA) is 38.1 Å². The molecule has 1 aromatic carbocycles. The van der Waals surface area contributed by atoms with Crippen LogP contribution >= 0.6 is 0 Å². The summed E-state index contributed by atoms with van der Waals surface area (Å²) in [5.74, 6) is 1.14. The van der Waals surface area contributed by atoms with Gasteiger partial charge >= 0.3 is 0 Å². The van der Waals surface area contributed by atoms with E-state index in [-0.39, 0.29) is 5.56 Å². The number of likely N-dealkylation sites (tertiary alicyclic amines) is 1. The highest BCUT2D eigenvalue weighted by molar-refractivity contribution is 5.15. The molecule has 0 atom stereocenters. The third kappa shape index (κ3) is 2.97. The molecule has 114 valence electrons. The molecule has 4 rings (SSSR count). The summed E-state index contributed by atoms with van der Waals surface area (Å²) in [6, 6.07) is 14.1. The van der Waals surface area contributed by atoms with Crippen LogP contribution in [0, 0.1) is 5.92 Å². The van der Waals surface area contributed by atoms with Crippen LogP contribution in [0.5, 0.6) is 0 Å². The minimum absolute atomic E-state index is 0.0332. The summed E-state index contributed by atoms with van der Waals surface area (Å²) in [6.45, 7) is 3.86. The number of aromatic nitrogens is 2. The number of nitrogens with zero attached hydrogens (tertiary/aromatic N) is 3. The van der Waals surface area contributed by atoms with E-state index in [9.17, 15) is 4.79 Å². The molecule has 4 nitrogen and oxygen atoms in total. The summed E-state index contributed by atoms with van der Waals surface area (Å²) in [4.78, 5) is 14.4. The van der Waals surface area contributed by atoms with Crippen LogP contribution in [0.4, 0.5) is 0 Å². The van der Waals surface area contributed by atoms with Crippen molar-refractivity contribution >= 4 is 0 Å². The van der Waals surface area contributed by atoms with Gasteiger partial charge in [-0.2, -0.15) is 5.10 Å². The van der Waals surface area contributed by atoms with Crippen LogP contribution in [0.3, 0.4) is 0 Å². The van der Waals surface area contributed by atoms with Gasteiger partial charge in [-0.25, -0.2) is 4.68 Å². The zero-order valence-corrected chi connectivity index (χ0v) is 12.7. The molecule has 0 spiro atoms. The monoisotopic (exact) mass is 295 g/mol. The lowest BCUT2D eigenvalue weighted by Crippen LogP contribution is -2.48. The van der Waals surface area contributed by atoms with Crippen molar-refractivity contribution in [3.63, 3.8) is 0 Å². The maximum atomic E-state index is 11.9. The zero-order chi connectivity index (χ0) is 14.9. The first-order valence-electron chi connectivity index (χ1n) is 8.12. The van der Waals surface area contributed by atoms with Crippen molar-refractivity contribution in [2.75, 3.05) is 13.1 Å². The molecule has 0 bridgehead atoms. The van der Waals surface area contributed by atoms with E-state index < -0.39 is 0 Å². The maximum Gasteiger partial charge on any atom is 0.266 e. The highest BCUT2D eigenvalue weighted by Gasteiger charge is 2.29. The van der Waals surface area contributed by atoms with Gasteiger partial charge in [0.1, 0.15) is 0 Å². The molecule has 0 amide bonds. The summed E-state index contributed by atoms with van der Waals surface area (Å²) in [7, 11) is 0. The first-order chi connectivity index (χ1) is 10.8. The summed E-state index contributed by atoms with van der Waals surface area (Å²) in [5.41, 5.74) is 2.48. The van der Waals surface area contributed by atoms with E-state index in [0.29, 0.717) is 11.8 Å². The summed E-state index contributed by atoms with van der Waals surface area (Å²) < 4.78 is 1.68. The Labute approximate surface area is 130 Å². The molecule has 0 N–H and O–H groups in total. The molecule has 2 aliphatic rings. The van der Waals surface area contributed by atoms with Crippen molar-refractivity contribution < 1.29 is 0 Å². The third-order valence-corrected chi connectivity index (χ3v) is 4.60. The smallest absolute Gasteiger partial charge is 0.266 e. The molecular weight excluding hydrogens is 274 g/mol. The molecule has 1 aromatic heterocycles. The standard InChI is InChI=1S/C18H21N3O/c22-18-9-8-17(16-6-7-16)19-21(18)13-15-11-20(12-15)10-14-4-2-1-3-5-14/h1-5,8-9,15-16H,6-7,10-13H2. The lowest BCUT2D eigenvalue weighted by atomic mass is 9.99. The summed E-state index contributed by atoms with van der Waals surface area (Å²) in [5, 5.41) is 4.55. The van der Waals surface area contributed by atoms with E-state index in [1.165, 1.54) is 18.4 Å². The van der Waals surface area contributed by atoms with Gasteiger partial charge < -0.3 is 0 Å². The Morgan fingerprint density at radius 2 is 1.82 bits per heavy atom. The molecule has 4 heteroatoms. The summed E-state index contributed by atoms with van der Waals surface area (Å²) in [6.07, 6.45) is 2.44. The highest BCUT2D eigenvalue weighted by atomic mass is 16.1. The Hall–Kier alpha value is -1.94. The Balaban J connectivity index is 1.34. The minimum atomic E-state index is 0.0332. The highest BCUT2D eigenvalue weighted by Crippen LogP contribution is 2.38. The number of hydrogen-bond donors (Lipinski definition) is 0. The average molecular weight is 295 g/mol. The molecule has 1 saturated carbocycles. The maximum absolute atomic E-state index is 11.9. The van der Waals surface area contributed by atoms with Crippen molar-refractivity contribution in [3.8, 4) is 0 Å². The second-order valence-corrected chi connectivity index (χ2v) is 6.60. The fraction of sp³-hybridized carbons (Fsp3) is 0.444. The number of benzene rings is 1. The Kier molecular flexibility index (Phi) is 3.54. The van der Waals surface area contributed by atoms with Crippen LogP contribution in [0.2, 0.25) is 0 Å². The van der Waals surface area contributed by atoms with Gasteiger partial charge in [0.25, 0.3) is 5.56 Å². The molecule has 1 aliphatic carbocycles. The van der Waals surface area contributed by atoms with Crippen molar-refractivity contribution in [2.24, 2.45) is 5.92 Å². The van der Waals surface area contributed by atoms with Gasteiger partial charge in [0.2, 0.25) is 0 Å². The van der Waals surface area contributed by atoms with Gasteiger partial charge in [0, 0.05) is 37.5 Å². The van der Waals surface area contributed by atoms with Crippen LogP contribution in [0.15, 0.2) is 47.3 Å². The zero-order valence-electron chi connectivity index (χ0n) is 12.7. The molecule has 22 heavy (non-hydrogen) atoms. The Morgan fingerprint density at radius 1 is 1.05 bits per heavy atom. The lowest BCUT2D eigenvalue weighted by molar-refractivity contribution is 0.0765. The molecule has 1 saturated heterocycles. The van der Waals surface area contributed by atoms with Crippen molar-refractivity contribution in [2.45, 2.75) is 31.8 Å². The Morgan fingerprint density at radius 3 is 2.55 bits per heavy atom. The van der Waals surface area contributed by atoms with E-state index in [4.69, 9.17) is 0 Å².